The van der Waals surface area contributed by atoms with E-state index in [-0.39, 0.29) is 35.9 Å². The molecule has 10 heteroatoms. The van der Waals surface area contributed by atoms with Crippen LogP contribution in [0.15, 0.2) is 45.4 Å². The molecule has 4 aromatic rings. The third-order valence-electron chi connectivity index (χ3n) is 8.26. The lowest BCUT2D eigenvalue weighted by molar-refractivity contribution is -0.115. The Morgan fingerprint density at radius 1 is 1.17 bits per heavy atom. The Labute approximate surface area is 248 Å². The third kappa shape index (κ3) is 6.13. The number of aromatic nitrogens is 3. The zero-order valence-corrected chi connectivity index (χ0v) is 25.8. The molecule has 3 heterocycles. The summed E-state index contributed by atoms with van der Waals surface area (Å²) in [7, 11) is 0. The van der Waals surface area contributed by atoms with Crippen LogP contribution in [0.2, 0.25) is 0 Å². The number of aryl methyl sites for hydroxylation is 2. The van der Waals surface area contributed by atoms with Crippen molar-refractivity contribution in [2.24, 2.45) is 5.92 Å². The van der Waals surface area contributed by atoms with Gasteiger partial charge in [-0.2, -0.15) is 0 Å². The molecule has 3 aromatic heterocycles. The third-order valence-corrected chi connectivity index (χ3v) is 9.83. The number of fused-ring (bicyclic) bond motifs is 1. The summed E-state index contributed by atoms with van der Waals surface area (Å²) in [5, 5.41) is 10.0. The molecule has 0 bridgehead atoms. The van der Waals surface area contributed by atoms with Gasteiger partial charge in [0.15, 0.2) is 0 Å². The quantitative estimate of drug-likeness (QED) is 0.213. The van der Waals surface area contributed by atoms with Crippen molar-refractivity contribution in [3.8, 4) is 0 Å². The molecule has 1 saturated carbocycles. The number of carbonyl (C=O) groups is 2. The summed E-state index contributed by atoms with van der Waals surface area (Å²) in [4.78, 5) is 46.5. The molecular formula is C31H37N5O3S2. The van der Waals surface area contributed by atoms with Crippen LogP contribution < -0.4 is 16.2 Å². The molecule has 0 aliphatic heterocycles. The first-order valence-electron chi connectivity index (χ1n) is 14.1. The summed E-state index contributed by atoms with van der Waals surface area (Å²) in [5.41, 5.74) is 4.44. The highest BCUT2D eigenvalue weighted by molar-refractivity contribution is 7.98. The highest BCUT2D eigenvalue weighted by atomic mass is 32.2. The molecule has 3 N–H and O–H groups in total. The summed E-state index contributed by atoms with van der Waals surface area (Å²) < 4.78 is 2.35. The fraction of sp³-hybridized carbons (Fsp3) is 0.419. The topological polar surface area (TPSA) is 109 Å². The van der Waals surface area contributed by atoms with Crippen LogP contribution in [0.25, 0.3) is 10.9 Å². The van der Waals surface area contributed by atoms with Crippen molar-refractivity contribution >= 4 is 51.5 Å². The maximum absolute atomic E-state index is 13.3. The second kappa shape index (κ2) is 12.2. The van der Waals surface area contributed by atoms with Crippen LogP contribution in [-0.2, 0) is 11.2 Å². The largest absolute Gasteiger partial charge is 0.348 e. The van der Waals surface area contributed by atoms with Crippen LogP contribution in [0, 0.1) is 26.7 Å². The smallest absolute Gasteiger partial charge is 0.270 e. The fourth-order valence-corrected chi connectivity index (χ4v) is 7.44. The summed E-state index contributed by atoms with van der Waals surface area (Å²) >= 11 is 2.96. The van der Waals surface area contributed by atoms with Gasteiger partial charge in [0.2, 0.25) is 5.91 Å². The summed E-state index contributed by atoms with van der Waals surface area (Å²) in [6.45, 7) is 8.06. The number of amides is 2. The van der Waals surface area contributed by atoms with Crippen molar-refractivity contribution in [1.82, 2.24) is 19.9 Å². The lowest BCUT2D eigenvalue weighted by Crippen LogP contribution is -2.38. The molecule has 1 aliphatic rings. The molecule has 0 spiro atoms. The highest BCUT2D eigenvalue weighted by Crippen LogP contribution is 2.39. The normalized spacial score (nSPS) is 17.9. The van der Waals surface area contributed by atoms with E-state index in [1.165, 1.54) is 23.1 Å². The van der Waals surface area contributed by atoms with Gasteiger partial charge in [-0.05, 0) is 77.7 Å². The van der Waals surface area contributed by atoms with E-state index in [0.29, 0.717) is 17.2 Å². The van der Waals surface area contributed by atoms with E-state index in [1.54, 1.807) is 0 Å². The number of nitrogens with zero attached hydrogens (tertiary/aromatic N) is 2. The lowest BCUT2D eigenvalue weighted by atomic mass is 9.81. The molecule has 2 amide bonds. The van der Waals surface area contributed by atoms with E-state index in [2.05, 4.69) is 45.1 Å². The molecule has 5 rings (SSSR count). The van der Waals surface area contributed by atoms with Crippen LogP contribution in [0.3, 0.4) is 0 Å². The maximum Gasteiger partial charge on any atom is 0.270 e. The number of thioether (sulfide) groups is 1. The number of benzene rings is 1. The van der Waals surface area contributed by atoms with Gasteiger partial charge in [0.1, 0.15) is 5.69 Å². The van der Waals surface area contributed by atoms with Crippen LogP contribution >= 0.6 is 23.1 Å². The molecule has 8 nitrogen and oxygen atoms in total. The van der Waals surface area contributed by atoms with Crippen molar-refractivity contribution in [3.05, 3.63) is 73.7 Å². The highest BCUT2D eigenvalue weighted by Gasteiger charge is 2.30. The first-order valence-corrected chi connectivity index (χ1v) is 16.2. The van der Waals surface area contributed by atoms with E-state index in [9.17, 15) is 14.4 Å². The standard InChI is InChI=1S/C31H37N5O3S2/c1-17-14-27(40-5)24(30(38)32-17)15-28(37)35-29-19(3)36(26-9-7-6-8-23(26)29)18(2)21-10-12-22(13-11-21)34-31(39)25-16-41-20(4)33-25/h6-9,14,16,18,21-22H,10-13,15H2,1-5H3,(H,32,38)(H,34,39)(H,35,37)/t18-,21?,22?/m1/s1. The predicted molar refractivity (Wildman–Crippen MR) is 167 cm³/mol. The number of aromatic amines is 1. The van der Waals surface area contributed by atoms with Gasteiger partial charge in [-0.25, -0.2) is 4.98 Å². The Morgan fingerprint density at radius 2 is 1.90 bits per heavy atom. The molecule has 1 atom stereocenters. The second-order valence-corrected chi connectivity index (χ2v) is 12.9. The molecule has 1 aromatic carbocycles. The molecule has 0 saturated heterocycles. The number of carbonyl (C=O) groups excluding carboxylic acids is 2. The van der Waals surface area contributed by atoms with Gasteiger partial charge >= 0.3 is 0 Å². The number of thiazole rings is 1. The van der Waals surface area contributed by atoms with Crippen molar-refractivity contribution in [2.45, 2.75) is 76.8 Å². The molecule has 41 heavy (non-hydrogen) atoms. The van der Waals surface area contributed by atoms with Crippen molar-refractivity contribution < 1.29 is 9.59 Å². The number of hydrogen-bond donors (Lipinski definition) is 3. The number of anilines is 1. The first-order chi connectivity index (χ1) is 19.7. The van der Waals surface area contributed by atoms with Gasteiger partial charge in [-0.1, -0.05) is 18.2 Å². The summed E-state index contributed by atoms with van der Waals surface area (Å²) in [6, 6.07) is 10.4. The number of para-hydroxylation sites is 1. The molecule has 0 radical (unpaired) electrons. The van der Waals surface area contributed by atoms with Crippen molar-refractivity contribution in [3.63, 3.8) is 0 Å². The average molecular weight is 592 g/mol. The molecule has 1 aliphatic carbocycles. The Balaban J connectivity index is 1.31. The van der Waals surface area contributed by atoms with E-state index in [4.69, 9.17) is 0 Å². The zero-order valence-electron chi connectivity index (χ0n) is 24.2. The minimum atomic E-state index is -0.217. The SMILES string of the molecule is CSc1cc(C)[nH]c(=O)c1CC(=O)Nc1c(C)n([C@H](C)C2CCC(NC(=O)c3csc(C)n3)CC2)c2ccccc12. The molecule has 1 fully saturated rings. The zero-order chi connectivity index (χ0) is 29.3. The second-order valence-electron chi connectivity index (χ2n) is 11.0. The van der Waals surface area contributed by atoms with E-state index in [1.807, 2.05) is 49.7 Å². The lowest BCUT2D eigenvalue weighted by Gasteiger charge is -2.34. The minimum absolute atomic E-state index is 0.0104. The molecule has 0 unspecified atom stereocenters. The van der Waals surface area contributed by atoms with Crippen LogP contribution in [0.5, 0.6) is 0 Å². The Morgan fingerprint density at radius 3 is 2.59 bits per heavy atom. The van der Waals surface area contributed by atoms with Gasteiger partial charge < -0.3 is 20.2 Å². The van der Waals surface area contributed by atoms with Crippen molar-refractivity contribution in [2.75, 3.05) is 11.6 Å². The van der Waals surface area contributed by atoms with Crippen LogP contribution in [0.1, 0.15) is 71.1 Å². The van der Waals surface area contributed by atoms with Gasteiger partial charge in [-0.15, -0.1) is 23.1 Å². The van der Waals surface area contributed by atoms with Gasteiger partial charge in [0.05, 0.1) is 22.6 Å². The Bertz CT molecular complexity index is 1650. The first kappa shape index (κ1) is 29.1. The number of nitrogens with one attached hydrogen (secondary N) is 3. The average Bonchev–Trinajstić information content (AvgIpc) is 3.51. The monoisotopic (exact) mass is 591 g/mol. The maximum atomic E-state index is 13.3. The number of H-pyrrole nitrogens is 1. The van der Waals surface area contributed by atoms with E-state index in [0.717, 1.165) is 63.6 Å². The number of rotatable bonds is 8. The summed E-state index contributed by atoms with van der Waals surface area (Å²) in [6.07, 6.45) is 5.78. The number of hydrogen-bond acceptors (Lipinski definition) is 6. The number of pyridine rings is 1. The predicted octanol–water partition coefficient (Wildman–Crippen LogP) is 6.16. The van der Waals surface area contributed by atoms with Gasteiger partial charge in [-0.3, -0.25) is 14.4 Å². The molecular weight excluding hydrogens is 555 g/mol. The van der Waals surface area contributed by atoms with Crippen LogP contribution in [0.4, 0.5) is 5.69 Å². The molecule has 216 valence electrons. The van der Waals surface area contributed by atoms with E-state index < -0.39 is 0 Å². The van der Waals surface area contributed by atoms with Gasteiger partial charge in [0, 0.05) is 44.7 Å². The Hall–Kier alpha value is -3.37. The van der Waals surface area contributed by atoms with Gasteiger partial charge in [0.25, 0.3) is 11.5 Å². The fourth-order valence-electron chi connectivity index (χ4n) is 6.14. The minimum Gasteiger partial charge on any atom is -0.348 e. The van der Waals surface area contributed by atoms with Crippen molar-refractivity contribution in [1.29, 1.82) is 0 Å². The Kier molecular flexibility index (Phi) is 8.70. The van der Waals surface area contributed by atoms with Crippen LogP contribution in [-0.4, -0.2) is 38.6 Å². The summed E-state index contributed by atoms with van der Waals surface area (Å²) in [5.74, 6) is 0.147. The van der Waals surface area contributed by atoms with E-state index >= 15 is 0 Å².